The maximum absolute atomic E-state index is 12.4. The van der Waals surface area contributed by atoms with Gasteiger partial charge in [0.2, 0.25) is 5.60 Å². The molecular formula is C16H26O8. The van der Waals surface area contributed by atoms with Crippen molar-refractivity contribution in [2.45, 2.75) is 71.5 Å². The molecule has 0 bridgehead atoms. The number of carbonyl (C=O) groups is 4. The van der Waals surface area contributed by atoms with Gasteiger partial charge in [0, 0.05) is 20.5 Å². The van der Waals surface area contributed by atoms with Crippen LogP contribution in [0.2, 0.25) is 0 Å². The molecule has 0 aromatic carbocycles. The topological polar surface area (TPSA) is 116 Å². The number of rotatable bonds is 10. The number of hydrogen-bond acceptors (Lipinski definition) is 8. The molecule has 0 aliphatic heterocycles. The maximum Gasteiger partial charge on any atom is 0.349 e. The van der Waals surface area contributed by atoms with Crippen LogP contribution in [0.25, 0.3) is 0 Å². The Labute approximate surface area is 141 Å². The highest BCUT2D eigenvalue weighted by Crippen LogP contribution is 2.27. The highest BCUT2D eigenvalue weighted by molar-refractivity contribution is 5.96. The van der Waals surface area contributed by atoms with Crippen molar-refractivity contribution in [2.24, 2.45) is 0 Å². The third-order valence-electron chi connectivity index (χ3n) is 3.25. The molecule has 0 aliphatic carbocycles. The highest BCUT2D eigenvalue weighted by Gasteiger charge is 2.52. The Morgan fingerprint density at radius 3 is 1.96 bits per heavy atom. The van der Waals surface area contributed by atoms with Gasteiger partial charge in [-0.05, 0) is 12.8 Å². The largest absolute Gasteiger partial charge is 0.391 e. The van der Waals surface area contributed by atoms with Crippen LogP contribution < -0.4 is 0 Å². The Morgan fingerprint density at radius 1 is 0.958 bits per heavy atom. The smallest absolute Gasteiger partial charge is 0.349 e. The third-order valence-corrected chi connectivity index (χ3v) is 3.25. The first-order chi connectivity index (χ1) is 11.2. The standard InChI is InChI=1S/C16H26O8/c1-5-7-9-16(22-10-8-6-2,15(21)24-12(4)18)13(19)14(20)23-11(3)17/h13,19H,5-10H2,1-4H3. The average molecular weight is 346 g/mol. The van der Waals surface area contributed by atoms with E-state index >= 15 is 0 Å². The molecule has 2 atom stereocenters. The monoisotopic (exact) mass is 346 g/mol. The fourth-order valence-corrected chi connectivity index (χ4v) is 2.00. The van der Waals surface area contributed by atoms with E-state index in [4.69, 9.17) is 4.74 Å². The highest BCUT2D eigenvalue weighted by atomic mass is 16.6. The van der Waals surface area contributed by atoms with Crippen molar-refractivity contribution in [3.8, 4) is 0 Å². The molecule has 1 N–H and O–H groups in total. The van der Waals surface area contributed by atoms with E-state index < -0.39 is 35.6 Å². The Kier molecular flexibility index (Phi) is 10.1. The molecule has 0 spiro atoms. The van der Waals surface area contributed by atoms with Crippen molar-refractivity contribution in [3.63, 3.8) is 0 Å². The minimum Gasteiger partial charge on any atom is -0.391 e. The van der Waals surface area contributed by atoms with E-state index in [9.17, 15) is 24.3 Å². The predicted octanol–water partition coefficient (Wildman–Crippen LogP) is 1.27. The van der Waals surface area contributed by atoms with Gasteiger partial charge in [-0.3, -0.25) is 9.59 Å². The molecule has 0 aliphatic rings. The molecule has 0 rings (SSSR count). The zero-order valence-corrected chi connectivity index (χ0v) is 14.6. The summed E-state index contributed by atoms with van der Waals surface area (Å²) in [6.07, 6.45) is 0.226. The molecule has 138 valence electrons. The van der Waals surface area contributed by atoms with E-state index in [0.29, 0.717) is 19.3 Å². The number of esters is 4. The maximum atomic E-state index is 12.4. The van der Waals surface area contributed by atoms with Gasteiger partial charge in [0.05, 0.1) is 0 Å². The van der Waals surface area contributed by atoms with Gasteiger partial charge in [0.25, 0.3) is 0 Å². The summed E-state index contributed by atoms with van der Waals surface area (Å²) in [6, 6.07) is 0. The summed E-state index contributed by atoms with van der Waals surface area (Å²) >= 11 is 0. The quantitative estimate of drug-likeness (QED) is 0.357. The van der Waals surface area contributed by atoms with E-state index in [1.807, 2.05) is 13.8 Å². The Bertz CT molecular complexity index is 459. The fraction of sp³-hybridized carbons (Fsp3) is 0.750. The number of aliphatic hydroxyl groups excluding tert-OH is 1. The van der Waals surface area contributed by atoms with Gasteiger partial charge in [-0.25, -0.2) is 9.59 Å². The summed E-state index contributed by atoms with van der Waals surface area (Å²) in [5, 5.41) is 10.3. The van der Waals surface area contributed by atoms with E-state index in [0.717, 1.165) is 20.3 Å². The molecule has 0 radical (unpaired) electrons. The van der Waals surface area contributed by atoms with E-state index in [-0.39, 0.29) is 13.0 Å². The molecule has 0 aromatic rings. The predicted molar refractivity (Wildman–Crippen MR) is 82.7 cm³/mol. The molecule has 8 nitrogen and oxygen atoms in total. The number of hydrogen-bond donors (Lipinski definition) is 1. The number of ether oxygens (including phenoxy) is 3. The van der Waals surface area contributed by atoms with Crippen LogP contribution in [0.1, 0.15) is 59.8 Å². The Balaban J connectivity index is 5.65. The first-order valence-corrected chi connectivity index (χ1v) is 7.98. The molecule has 0 saturated heterocycles. The van der Waals surface area contributed by atoms with Crippen LogP contribution in [0.4, 0.5) is 0 Å². The van der Waals surface area contributed by atoms with E-state index in [1.54, 1.807) is 0 Å². The molecular weight excluding hydrogens is 320 g/mol. The van der Waals surface area contributed by atoms with Crippen molar-refractivity contribution < 1.29 is 38.5 Å². The lowest BCUT2D eigenvalue weighted by atomic mass is 9.89. The van der Waals surface area contributed by atoms with Crippen LogP contribution >= 0.6 is 0 Å². The van der Waals surface area contributed by atoms with E-state index in [1.165, 1.54) is 0 Å². The molecule has 2 unspecified atom stereocenters. The normalized spacial score (nSPS) is 14.4. The van der Waals surface area contributed by atoms with Crippen molar-refractivity contribution in [1.29, 1.82) is 0 Å². The molecule has 0 heterocycles. The van der Waals surface area contributed by atoms with Gasteiger partial charge in [0.1, 0.15) is 0 Å². The zero-order valence-electron chi connectivity index (χ0n) is 14.6. The molecule has 0 amide bonds. The van der Waals surface area contributed by atoms with Crippen LogP contribution in [0.5, 0.6) is 0 Å². The summed E-state index contributed by atoms with van der Waals surface area (Å²) in [5.41, 5.74) is -2.09. The van der Waals surface area contributed by atoms with Crippen molar-refractivity contribution in [1.82, 2.24) is 0 Å². The summed E-state index contributed by atoms with van der Waals surface area (Å²) in [4.78, 5) is 46.4. The molecule has 0 saturated carbocycles. The van der Waals surface area contributed by atoms with Gasteiger partial charge in [-0.2, -0.15) is 0 Å². The second-order valence-electron chi connectivity index (χ2n) is 5.39. The summed E-state index contributed by atoms with van der Waals surface area (Å²) in [7, 11) is 0. The van der Waals surface area contributed by atoms with E-state index in [2.05, 4.69) is 9.47 Å². The Hall–Kier alpha value is -1.80. The second-order valence-corrected chi connectivity index (χ2v) is 5.39. The third kappa shape index (κ3) is 6.76. The van der Waals surface area contributed by atoms with Crippen molar-refractivity contribution in [3.05, 3.63) is 0 Å². The number of aliphatic hydroxyl groups is 1. The van der Waals surface area contributed by atoms with Crippen LogP contribution in [-0.2, 0) is 33.4 Å². The molecule has 0 aromatic heterocycles. The molecule has 0 fully saturated rings. The van der Waals surface area contributed by atoms with Crippen molar-refractivity contribution >= 4 is 23.9 Å². The fourth-order valence-electron chi connectivity index (χ4n) is 2.00. The lowest BCUT2D eigenvalue weighted by molar-refractivity contribution is -0.203. The molecule has 24 heavy (non-hydrogen) atoms. The van der Waals surface area contributed by atoms with Gasteiger partial charge in [0.15, 0.2) is 6.10 Å². The second kappa shape index (κ2) is 10.9. The first-order valence-electron chi connectivity index (χ1n) is 7.98. The lowest BCUT2D eigenvalue weighted by Gasteiger charge is -2.33. The van der Waals surface area contributed by atoms with Gasteiger partial charge >= 0.3 is 23.9 Å². The minimum absolute atomic E-state index is 0.0620. The minimum atomic E-state index is -2.09. The van der Waals surface area contributed by atoms with Gasteiger partial charge < -0.3 is 19.3 Å². The zero-order chi connectivity index (χ0) is 18.8. The van der Waals surface area contributed by atoms with Crippen LogP contribution in [0.15, 0.2) is 0 Å². The SMILES string of the molecule is CCCCOC(CCCC)(C(=O)OC(C)=O)C(O)C(=O)OC(C)=O. The summed E-state index contributed by atoms with van der Waals surface area (Å²) in [5.74, 6) is -4.33. The Morgan fingerprint density at radius 2 is 1.50 bits per heavy atom. The van der Waals surface area contributed by atoms with Crippen molar-refractivity contribution in [2.75, 3.05) is 6.61 Å². The summed E-state index contributed by atoms with van der Waals surface area (Å²) < 4.78 is 14.4. The molecule has 8 heteroatoms. The van der Waals surface area contributed by atoms with Gasteiger partial charge in [-0.1, -0.05) is 33.1 Å². The van der Waals surface area contributed by atoms with Crippen LogP contribution in [-0.4, -0.2) is 47.3 Å². The summed E-state index contributed by atoms with van der Waals surface area (Å²) in [6.45, 7) is 5.81. The lowest BCUT2D eigenvalue weighted by Crippen LogP contribution is -2.57. The first kappa shape index (κ1) is 22.2. The average Bonchev–Trinajstić information content (AvgIpc) is 2.48. The number of unbranched alkanes of at least 4 members (excludes halogenated alkanes) is 2. The van der Waals surface area contributed by atoms with Crippen LogP contribution in [0.3, 0.4) is 0 Å². The van der Waals surface area contributed by atoms with Gasteiger partial charge in [-0.15, -0.1) is 0 Å². The number of carbonyl (C=O) groups excluding carboxylic acids is 4. The van der Waals surface area contributed by atoms with Crippen LogP contribution in [0, 0.1) is 0 Å².